The van der Waals surface area contributed by atoms with Gasteiger partial charge in [0, 0.05) is 31.7 Å². The maximum Gasteiger partial charge on any atom is 0.180 e. The number of halogens is 1. The first-order valence-electron chi connectivity index (χ1n) is 6.39. The van der Waals surface area contributed by atoms with Gasteiger partial charge in [-0.05, 0) is 34.2 Å². The number of aromatic nitrogens is 3. The van der Waals surface area contributed by atoms with Gasteiger partial charge in [-0.15, -0.1) is 0 Å². The van der Waals surface area contributed by atoms with Crippen molar-refractivity contribution in [3.05, 3.63) is 23.2 Å². The van der Waals surface area contributed by atoms with Crippen LogP contribution in [-0.2, 0) is 0 Å². The standard InChI is InChI=1S/C13H17BrN4/c1-9(2)10-3-5-17(7-10)13-12-15-4-6-18(12)8-11(14)16-13/h4,6,8-10H,3,5,7H2,1-2H3. The normalized spacial score (nSPS) is 20.2. The van der Waals surface area contributed by atoms with E-state index in [1.54, 1.807) is 0 Å². The van der Waals surface area contributed by atoms with Crippen LogP contribution in [0.2, 0.25) is 0 Å². The highest BCUT2D eigenvalue weighted by molar-refractivity contribution is 9.10. The van der Waals surface area contributed by atoms with Crippen molar-refractivity contribution in [1.29, 1.82) is 0 Å². The van der Waals surface area contributed by atoms with Gasteiger partial charge in [0.2, 0.25) is 0 Å². The summed E-state index contributed by atoms with van der Waals surface area (Å²) in [6.45, 7) is 6.76. The first kappa shape index (κ1) is 12.0. The summed E-state index contributed by atoms with van der Waals surface area (Å²) < 4.78 is 2.88. The third-order valence-electron chi connectivity index (χ3n) is 3.79. The largest absolute Gasteiger partial charge is 0.353 e. The van der Waals surface area contributed by atoms with E-state index in [1.807, 2.05) is 23.0 Å². The van der Waals surface area contributed by atoms with Crippen LogP contribution < -0.4 is 4.90 Å². The summed E-state index contributed by atoms with van der Waals surface area (Å²) in [6, 6.07) is 0. The van der Waals surface area contributed by atoms with Gasteiger partial charge in [0.15, 0.2) is 11.5 Å². The molecule has 2 aromatic rings. The number of nitrogens with zero attached hydrogens (tertiary/aromatic N) is 4. The smallest absolute Gasteiger partial charge is 0.180 e. The van der Waals surface area contributed by atoms with E-state index in [9.17, 15) is 0 Å². The fraction of sp³-hybridized carbons (Fsp3) is 0.538. The quantitative estimate of drug-likeness (QED) is 0.855. The van der Waals surface area contributed by atoms with Crippen molar-refractivity contribution in [3.63, 3.8) is 0 Å². The molecule has 0 aromatic carbocycles. The Labute approximate surface area is 115 Å². The Morgan fingerprint density at radius 2 is 2.28 bits per heavy atom. The van der Waals surface area contributed by atoms with E-state index in [0.717, 1.165) is 41.0 Å². The molecule has 2 aromatic heterocycles. The molecule has 0 amide bonds. The fourth-order valence-electron chi connectivity index (χ4n) is 2.62. The van der Waals surface area contributed by atoms with E-state index in [1.165, 1.54) is 6.42 Å². The monoisotopic (exact) mass is 308 g/mol. The van der Waals surface area contributed by atoms with Gasteiger partial charge in [-0.1, -0.05) is 13.8 Å². The number of hydrogen-bond acceptors (Lipinski definition) is 3. The van der Waals surface area contributed by atoms with Crippen LogP contribution in [0.15, 0.2) is 23.2 Å². The highest BCUT2D eigenvalue weighted by Crippen LogP contribution is 2.29. The average Bonchev–Trinajstić information content (AvgIpc) is 2.95. The summed E-state index contributed by atoms with van der Waals surface area (Å²) >= 11 is 3.47. The lowest BCUT2D eigenvalue weighted by molar-refractivity contribution is 0.422. The van der Waals surface area contributed by atoms with Crippen molar-refractivity contribution in [2.45, 2.75) is 20.3 Å². The molecule has 1 unspecified atom stereocenters. The molecule has 96 valence electrons. The van der Waals surface area contributed by atoms with Crippen molar-refractivity contribution in [2.24, 2.45) is 11.8 Å². The van der Waals surface area contributed by atoms with Gasteiger partial charge in [-0.3, -0.25) is 0 Å². The molecule has 1 aliphatic rings. The second-order valence-corrected chi connectivity index (χ2v) is 6.10. The summed E-state index contributed by atoms with van der Waals surface area (Å²) in [7, 11) is 0. The van der Waals surface area contributed by atoms with Crippen LogP contribution >= 0.6 is 15.9 Å². The molecule has 18 heavy (non-hydrogen) atoms. The van der Waals surface area contributed by atoms with Crippen LogP contribution in [0, 0.1) is 11.8 Å². The lowest BCUT2D eigenvalue weighted by atomic mass is 9.95. The average molecular weight is 309 g/mol. The predicted molar refractivity (Wildman–Crippen MR) is 75.8 cm³/mol. The second kappa shape index (κ2) is 4.53. The Hall–Kier alpha value is -1.10. The maximum atomic E-state index is 4.61. The Balaban J connectivity index is 1.97. The summed E-state index contributed by atoms with van der Waals surface area (Å²) in [6.07, 6.45) is 6.98. The van der Waals surface area contributed by atoms with Gasteiger partial charge in [0.1, 0.15) is 4.60 Å². The molecule has 0 bridgehead atoms. The fourth-order valence-corrected chi connectivity index (χ4v) is 3.01. The van der Waals surface area contributed by atoms with E-state index in [-0.39, 0.29) is 0 Å². The van der Waals surface area contributed by atoms with Gasteiger partial charge < -0.3 is 9.30 Å². The van der Waals surface area contributed by atoms with Gasteiger partial charge in [0.05, 0.1) is 0 Å². The highest BCUT2D eigenvalue weighted by atomic mass is 79.9. The van der Waals surface area contributed by atoms with Crippen LogP contribution in [0.3, 0.4) is 0 Å². The second-order valence-electron chi connectivity index (χ2n) is 5.28. The zero-order valence-electron chi connectivity index (χ0n) is 10.7. The first-order chi connectivity index (χ1) is 8.65. The Kier molecular flexibility index (Phi) is 3.01. The van der Waals surface area contributed by atoms with E-state index >= 15 is 0 Å². The molecular formula is C13H17BrN4. The molecule has 1 atom stereocenters. The number of imidazole rings is 1. The molecule has 1 fully saturated rings. The molecule has 0 radical (unpaired) electrons. The minimum Gasteiger partial charge on any atom is -0.353 e. The summed E-state index contributed by atoms with van der Waals surface area (Å²) in [5.74, 6) is 2.50. The van der Waals surface area contributed by atoms with Gasteiger partial charge in [0.25, 0.3) is 0 Å². The summed E-state index contributed by atoms with van der Waals surface area (Å²) in [5.41, 5.74) is 0.947. The SMILES string of the molecule is CC(C)C1CCN(c2nc(Br)cn3ccnc23)C1. The molecule has 0 spiro atoms. The van der Waals surface area contributed by atoms with Gasteiger partial charge in [-0.25, -0.2) is 9.97 Å². The minimum atomic E-state index is 0.734. The zero-order chi connectivity index (χ0) is 12.7. The third-order valence-corrected chi connectivity index (χ3v) is 4.18. The Morgan fingerprint density at radius 1 is 1.44 bits per heavy atom. The van der Waals surface area contributed by atoms with Crippen LogP contribution in [0.25, 0.3) is 5.65 Å². The molecule has 0 aliphatic carbocycles. The summed E-state index contributed by atoms with van der Waals surface area (Å²) in [4.78, 5) is 11.4. The molecule has 0 saturated carbocycles. The van der Waals surface area contributed by atoms with Crippen molar-refractivity contribution < 1.29 is 0 Å². The van der Waals surface area contributed by atoms with Crippen LogP contribution in [0.4, 0.5) is 5.82 Å². The van der Waals surface area contributed by atoms with Crippen molar-refractivity contribution in [2.75, 3.05) is 18.0 Å². The lowest BCUT2D eigenvalue weighted by Gasteiger charge is -2.19. The Morgan fingerprint density at radius 3 is 3.00 bits per heavy atom. The molecule has 0 N–H and O–H groups in total. The number of hydrogen-bond donors (Lipinski definition) is 0. The van der Waals surface area contributed by atoms with Crippen molar-refractivity contribution in [1.82, 2.24) is 14.4 Å². The minimum absolute atomic E-state index is 0.734. The molecule has 5 heteroatoms. The van der Waals surface area contributed by atoms with Gasteiger partial charge >= 0.3 is 0 Å². The van der Waals surface area contributed by atoms with Crippen LogP contribution in [0.5, 0.6) is 0 Å². The number of fused-ring (bicyclic) bond motifs is 1. The van der Waals surface area contributed by atoms with E-state index in [2.05, 4.69) is 44.6 Å². The molecule has 4 nitrogen and oxygen atoms in total. The number of rotatable bonds is 2. The molecule has 1 saturated heterocycles. The molecule has 3 rings (SSSR count). The van der Waals surface area contributed by atoms with Crippen molar-refractivity contribution in [3.8, 4) is 0 Å². The zero-order valence-corrected chi connectivity index (χ0v) is 12.3. The molecular weight excluding hydrogens is 292 g/mol. The topological polar surface area (TPSA) is 33.4 Å². The van der Waals surface area contributed by atoms with Crippen LogP contribution in [0.1, 0.15) is 20.3 Å². The lowest BCUT2D eigenvalue weighted by Crippen LogP contribution is -2.23. The van der Waals surface area contributed by atoms with E-state index < -0.39 is 0 Å². The molecule has 3 heterocycles. The molecule has 1 aliphatic heterocycles. The number of anilines is 1. The maximum absolute atomic E-state index is 4.61. The van der Waals surface area contributed by atoms with E-state index in [4.69, 9.17) is 0 Å². The van der Waals surface area contributed by atoms with Crippen molar-refractivity contribution >= 4 is 27.4 Å². The Bertz CT molecular complexity index is 563. The highest BCUT2D eigenvalue weighted by Gasteiger charge is 2.27. The van der Waals surface area contributed by atoms with Gasteiger partial charge in [-0.2, -0.15) is 0 Å². The third kappa shape index (κ3) is 2.00. The predicted octanol–water partition coefficient (Wildman–Crippen LogP) is 2.97. The summed E-state index contributed by atoms with van der Waals surface area (Å²) in [5, 5.41) is 0. The van der Waals surface area contributed by atoms with Crippen LogP contribution in [-0.4, -0.2) is 27.5 Å². The van der Waals surface area contributed by atoms with E-state index in [0.29, 0.717) is 0 Å². The first-order valence-corrected chi connectivity index (χ1v) is 7.18.